The Labute approximate surface area is 106 Å². The highest BCUT2D eigenvalue weighted by Gasteiger charge is 2.26. The number of carbonyl (C=O) groups is 1. The second-order valence-corrected chi connectivity index (χ2v) is 5.23. The summed E-state index contributed by atoms with van der Waals surface area (Å²) in [7, 11) is 0. The maximum Gasteiger partial charge on any atom is 0.241 e. The molecule has 1 amide bonds. The van der Waals surface area contributed by atoms with Crippen LogP contribution in [0.15, 0.2) is 6.20 Å². The summed E-state index contributed by atoms with van der Waals surface area (Å²) >= 11 is 0. The molecule has 18 heavy (non-hydrogen) atoms. The molecule has 0 saturated heterocycles. The lowest BCUT2D eigenvalue weighted by atomic mass is 10.1. The van der Waals surface area contributed by atoms with Crippen LogP contribution in [0, 0.1) is 5.92 Å². The molecule has 0 spiro atoms. The summed E-state index contributed by atoms with van der Waals surface area (Å²) in [5.41, 5.74) is 0.977. The van der Waals surface area contributed by atoms with E-state index in [0.29, 0.717) is 5.92 Å². The number of hydrogen-bond acceptors (Lipinski definition) is 4. The zero-order chi connectivity index (χ0) is 13.1. The van der Waals surface area contributed by atoms with E-state index in [9.17, 15) is 9.90 Å². The van der Waals surface area contributed by atoms with Crippen molar-refractivity contribution in [1.82, 2.24) is 20.3 Å². The molecule has 2 rings (SSSR count). The van der Waals surface area contributed by atoms with Crippen LogP contribution in [0.2, 0.25) is 0 Å². The van der Waals surface area contributed by atoms with E-state index in [0.717, 1.165) is 5.69 Å². The van der Waals surface area contributed by atoms with Crippen LogP contribution in [-0.4, -0.2) is 38.7 Å². The molecular formula is C12H20N4O2. The molecule has 0 radical (unpaired) electrons. The van der Waals surface area contributed by atoms with Gasteiger partial charge in [0.15, 0.2) is 0 Å². The van der Waals surface area contributed by atoms with Crippen LogP contribution < -0.4 is 5.32 Å². The molecule has 100 valence electrons. The zero-order valence-corrected chi connectivity index (χ0v) is 10.8. The number of rotatable bonds is 6. The first-order valence-corrected chi connectivity index (χ1v) is 6.41. The summed E-state index contributed by atoms with van der Waals surface area (Å²) < 4.78 is 1.55. The second kappa shape index (κ2) is 5.48. The fraction of sp³-hybridized carbons (Fsp3) is 0.750. The fourth-order valence-corrected chi connectivity index (χ4v) is 1.61. The van der Waals surface area contributed by atoms with Crippen molar-refractivity contribution in [2.24, 2.45) is 5.92 Å². The second-order valence-electron chi connectivity index (χ2n) is 5.23. The molecule has 1 aromatic rings. The number of hydrogen-bond donors (Lipinski definition) is 2. The van der Waals surface area contributed by atoms with Gasteiger partial charge < -0.3 is 10.4 Å². The molecule has 6 heteroatoms. The molecule has 1 saturated carbocycles. The fourth-order valence-electron chi connectivity index (χ4n) is 1.61. The van der Waals surface area contributed by atoms with Gasteiger partial charge in [0.2, 0.25) is 5.91 Å². The maximum atomic E-state index is 11.6. The largest absolute Gasteiger partial charge is 0.391 e. The summed E-state index contributed by atoms with van der Waals surface area (Å²) in [5, 5.41) is 20.2. The first-order valence-electron chi connectivity index (χ1n) is 6.41. The third kappa shape index (κ3) is 3.53. The molecule has 1 atom stereocenters. The number of carbonyl (C=O) groups excluding carboxylic acids is 1. The number of nitrogens with zero attached hydrogens (tertiary/aromatic N) is 3. The van der Waals surface area contributed by atoms with E-state index in [1.54, 1.807) is 4.68 Å². The van der Waals surface area contributed by atoms with Gasteiger partial charge in [0.1, 0.15) is 6.54 Å². The predicted molar refractivity (Wildman–Crippen MR) is 65.9 cm³/mol. The average molecular weight is 252 g/mol. The van der Waals surface area contributed by atoms with Crippen molar-refractivity contribution in [3.8, 4) is 0 Å². The molecule has 1 heterocycles. The van der Waals surface area contributed by atoms with Gasteiger partial charge in [-0.05, 0) is 18.8 Å². The van der Waals surface area contributed by atoms with Crippen molar-refractivity contribution >= 4 is 5.91 Å². The van der Waals surface area contributed by atoms with Crippen LogP contribution in [-0.2, 0) is 11.3 Å². The lowest BCUT2D eigenvalue weighted by Gasteiger charge is -2.14. The van der Waals surface area contributed by atoms with Crippen molar-refractivity contribution in [2.45, 2.75) is 45.3 Å². The SMILES string of the molecule is CC(C)C(O)CNC(=O)Cn1cc(C2CC2)nn1. The highest BCUT2D eigenvalue weighted by atomic mass is 16.3. The number of amides is 1. The monoisotopic (exact) mass is 252 g/mol. The Morgan fingerprint density at radius 2 is 2.33 bits per heavy atom. The van der Waals surface area contributed by atoms with Gasteiger partial charge in [0.25, 0.3) is 0 Å². The Hall–Kier alpha value is -1.43. The number of aliphatic hydroxyl groups is 1. The normalized spacial score (nSPS) is 16.9. The van der Waals surface area contributed by atoms with Gasteiger partial charge in [-0.3, -0.25) is 4.79 Å². The van der Waals surface area contributed by atoms with E-state index >= 15 is 0 Å². The molecule has 0 aromatic carbocycles. The summed E-state index contributed by atoms with van der Waals surface area (Å²) in [4.78, 5) is 11.6. The van der Waals surface area contributed by atoms with Crippen molar-refractivity contribution in [1.29, 1.82) is 0 Å². The standard InChI is InChI=1S/C12H20N4O2/c1-8(2)11(17)5-13-12(18)7-16-6-10(14-15-16)9-3-4-9/h6,8-9,11,17H,3-5,7H2,1-2H3,(H,13,18). The lowest BCUT2D eigenvalue weighted by Crippen LogP contribution is -2.36. The van der Waals surface area contributed by atoms with Gasteiger partial charge in [-0.25, -0.2) is 4.68 Å². The van der Waals surface area contributed by atoms with Crippen LogP contribution in [0.4, 0.5) is 0 Å². The van der Waals surface area contributed by atoms with Crippen molar-refractivity contribution < 1.29 is 9.90 Å². The third-order valence-electron chi connectivity index (χ3n) is 3.14. The van der Waals surface area contributed by atoms with Gasteiger partial charge in [0, 0.05) is 18.7 Å². The Balaban J connectivity index is 1.75. The highest BCUT2D eigenvalue weighted by molar-refractivity contribution is 5.75. The van der Waals surface area contributed by atoms with Gasteiger partial charge in [-0.1, -0.05) is 19.1 Å². The molecule has 2 N–H and O–H groups in total. The van der Waals surface area contributed by atoms with E-state index in [2.05, 4.69) is 15.6 Å². The van der Waals surface area contributed by atoms with Gasteiger partial charge in [0.05, 0.1) is 11.8 Å². The maximum absolute atomic E-state index is 11.6. The van der Waals surface area contributed by atoms with E-state index in [4.69, 9.17) is 0 Å². The molecular weight excluding hydrogens is 232 g/mol. The number of nitrogens with one attached hydrogen (secondary N) is 1. The number of aliphatic hydroxyl groups excluding tert-OH is 1. The molecule has 0 aliphatic heterocycles. The van der Waals surface area contributed by atoms with Crippen LogP contribution in [0.25, 0.3) is 0 Å². The number of aromatic nitrogens is 3. The predicted octanol–water partition coefficient (Wildman–Crippen LogP) is 0.289. The van der Waals surface area contributed by atoms with Crippen LogP contribution >= 0.6 is 0 Å². The summed E-state index contributed by atoms with van der Waals surface area (Å²) in [6.07, 6.45) is 3.67. The van der Waals surface area contributed by atoms with Crippen LogP contribution in [0.5, 0.6) is 0 Å². The van der Waals surface area contributed by atoms with E-state index in [1.807, 2.05) is 20.0 Å². The Kier molecular flexibility index (Phi) is 3.96. The lowest BCUT2D eigenvalue weighted by molar-refractivity contribution is -0.122. The average Bonchev–Trinajstić information content (AvgIpc) is 3.07. The molecule has 1 aliphatic rings. The minimum absolute atomic E-state index is 0.137. The van der Waals surface area contributed by atoms with Crippen LogP contribution in [0.1, 0.15) is 38.3 Å². The summed E-state index contributed by atoms with van der Waals surface area (Å²) in [6, 6.07) is 0. The third-order valence-corrected chi connectivity index (χ3v) is 3.14. The van der Waals surface area contributed by atoms with Crippen molar-refractivity contribution in [2.75, 3.05) is 6.54 Å². The van der Waals surface area contributed by atoms with E-state index in [1.165, 1.54) is 12.8 Å². The first kappa shape index (κ1) is 13.0. The first-order chi connectivity index (χ1) is 8.56. The van der Waals surface area contributed by atoms with Crippen LogP contribution in [0.3, 0.4) is 0 Å². The molecule has 1 unspecified atom stereocenters. The molecule has 1 aliphatic carbocycles. The van der Waals surface area contributed by atoms with Gasteiger partial charge >= 0.3 is 0 Å². The topological polar surface area (TPSA) is 80.0 Å². The molecule has 0 bridgehead atoms. The quantitative estimate of drug-likeness (QED) is 0.762. The smallest absolute Gasteiger partial charge is 0.241 e. The molecule has 1 fully saturated rings. The van der Waals surface area contributed by atoms with Crippen molar-refractivity contribution in [3.05, 3.63) is 11.9 Å². The minimum atomic E-state index is -0.508. The molecule has 1 aromatic heterocycles. The van der Waals surface area contributed by atoms with Crippen molar-refractivity contribution in [3.63, 3.8) is 0 Å². The zero-order valence-electron chi connectivity index (χ0n) is 10.8. The van der Waals surface area contributed by atoms with Gasteiger partial charge in [-0.2, -0.15) is 0 Å². The minimum Gasteiger partial charge on any atom is -0.391 e. The van der Waals surface area contributed by atoms with E-state index in [-0.39, 0.29) is 24.9 Å². The summed E-state index contributed by atoms with van der Waals surface area (Å²) in [6.45, 7) is 4.26. The highest BCUT2D eigenvalue weighted by Crippen LogP contribution is 2.38. The molecule has 6 nitrogen and oxygen atoms in total. The van der Waals surface area contributed by atoms with E-state index < -0.39 is 6.10 Å². The summed E-state index contributed by atoms with van der Waals surface area (Å²) in [5.74, 6) is 0.532. The Bertz CT molecular complexity index is 412. The van der Waals surface area contributed by atoms with Gasteiger partial charge in [-0.15, -0.1) is 5.10 Å². The Morgan fingerprint density at radius 3 is 2.94 bits per heavy atom. The Morgan fingerprint density at radius 1 is 1.61 bits per heavy atom.